The summed E-state index contributed by atoms with van der Waals surface area (Å²) in [6.07, 6.45) is 0. The fourth-order valence-corrected chi connectivity index (χ4v) is 1.52. The van der Waals surface area contributed by atoms with Crippen LogP contribution in [0.5, 0.6) is 5.75 Å². The zero-order chi connectivity index (χ0) is 12.2. The highest BCUT2D eigenvalue weighted by atomic mass is 16.7. The molecule has 0 aromatic heterocycles. The van der Waals surface area contributed by atoms with Crippen LogP contribution in [0, 0.1) is 0 Å². The van der Waals surface area contributed by atoms with Gasteiger partial charge < -0.3 is 4.84 Å². The van der Waals surface area contributed by atoms with E-state index in [9.17, 15) is 0 Å². The third kappa shape index (κ3) is 3.53. The van der Waals surface area contributed by atoms with Gasteiger partial charge in [0.25, 0.3) is 0 Å². The number of hydroxylamine groups is 2. The maximum Gasteiger partial charge on any atom is 0.147 e. The maximum absolute atomic E-state index is 5.71. The molecule has 0 heterocycles. The first-order chi connectivity index (χ1) is 7.47. The van der Waals surface area contributed by atoms with Crippen molar-refractivity contribution in [3.05, 3.63) is 29.8 Å². The number of benzene rings is 1. The van der Waals surface area contributed by atoms with Gasteiger partial charge in [-0.15, -0.1) is 5.06 Å². The third-order valence-electron chi connectivity index (χ3n) is 2.66. The monoisotopic (exact) mass is 221 g/mol. The second-order valence-corrected chi connectivity index (χ2v) is 4.98. The molecule has 0 saturated heterocycles. The van der Waals surface area contributed by atoms with E-state index in [2.05, 4.69) is 46.8 Å². The van der Waals surface area contributed by atoms with E-state index in [0.717, 1.165) is 18.8 Å². The first kappa shape index (κ1) is 13.0. The van der Waals surface area contributed by atoms with E-state index in [0.29, 0.717) is 0 Å². The molecule has 0 amide bonds. The molecule has 0 atom stereocenters. The zero-order valence-corrected chi connectivity index (χ0v) is 11.1. The van der Waals surface area contributed by atoms with E-state index in [1.54, 1.807) is 0 Å². The van der Waals surface area contributed by atoms with Crippen LogP contribution in [0.25, 0.3) is 0 Å². The van der Waals surface area contributed by atoms with Gasteiger partial charge in [0.05, 0.1) is 0 Å². The average Bonchev–Trinajstić information content (AvgIpc) is 2.25. The number of rotatable bonds is 4. The van der Waals surface area contributed by atoms with Crippen molar-refractivity contribution in [3.8, 4) is 5.75 Å². The van der Waals surface area contributed by atoms with Crippen LogP contribution in [-0.2, 0) is 5.41 Å². The van der Waals surface area contributed by atoms with Crippen molar-refractivity contribution >= 4 is 0 Å². The van der Waals surface area contributed by atoms with E-state index >= 15 is 0 Å². The Morgan fingerprint density at radius 2 is 1.50 bits per heavy atom. The van der Waals surface area contributed by atoms with Crippen LogP contribution < -0.4 is 4.84 Å². The minimum Gasteiger partial charge on any atom is -0.406 e. The number of hydrogen-bond donors (Lipinski definition) is 0. The highest BCUT2D eigenvalue weighted by Gasteiger charge is 2.13. The molecule has 0 fully saturated rings. The zero-order valence-electron chi connectivity index (χ0n) is 11.1. The van der Waals surface area contributed by atoms with Crippen LogP contribution in [0.3, 0.4) is 0 Å². The van der Waals surface area contributed by atoms with E-state index in [-0.39, 0.29) is 5.41 Å². The van der Waals surface area contributed by atoms with Crippen LogP contribution in [-0.4, -0.2) is 18.2 Å². The van der Waals surface area contributed by atoms with Gasteiger partial charge in [0.2, 0.25) is 0 Å². The second kappa shape index (κ2) is 5.35. The number of hydrogen-bond acceptors (Lipinski definition) is 2. The first-order valence-corrected chi connectivity index (χ1v) is 6.00. The molecular formula is C14H23NO. The average molecular weight is 221 g/mol. The minimum atomic E-state index is 0.202. The first-order valence-electron chi connectivity index (χ1n) is 6.00. The smallest absolute Gasteiger partial charge is 0.147 e. The molecule has 0 aliphatic rings. The molecular weight excluding hydrogens is 198 g/mol. The quantitative estimate of drug-likeness (QED) is 0.720. The molecule has 0 bridgehead atoms. The largest absolute Gasteiger partial charge is 0.406 e. The maximum atomic E-state index is 5.71. The summed E-state index contributed by atoms with van der Waals surface area (Å²) in [5, 5.41) is 1.94. The van der Waals surface area contributed by atoms with Crippen LogP contribution in [0.1, 0.15) is 40.2 Å². The Morgan fingerprint density at radius 3 is 1.88 bits per heavy atom. The summed E-state index contributed by atoms with van der Waals surface area (Å²) in [4.78, 5) is 5.71. The lowest BCUT2D eigenvalue weighted by atomic mass is 9.87. The van der Waals surface area contributed by atoms with Crippen molar-refractivity contribution in [2.75, 3.05) is 13.1 Å². The van der Waals surface area contributed by atoms with Gasteiger partial charge in [-0.05, 0) is 37.0 Å². The van der Waals surface area contributed by atoms with Crippen molar-refractivity contribution in [3.63, 3.8) is 0 Å². The summed E-state index contributed by atoms with van der Waals surface area (Å²) in [5.74, 6) is 0.914. The molecule has 0 aliphatic heterocycles. The van der Waals surface area contributed by atoms with E-state index < -0.39 is 0 Å². The summed E-state index contributed by atoms with van der Waals surface area (Å²) in [6.45, 7) is 12.6. The summed E-state index contributed by atoms with van der Waals surface area (Å²) in [7, 11) is 0. The highest BCUT2D eigenvalue weighted by molar-refractivity contribution is 5.30. The molecule has 1 aromatic carbocycles. The Hall–Kier alpha value is -1.02. The molecule has 1 aromatic rings. The van der Waals surface area contributed by atoms with Crippen LogP contribution in [0.2, 0.25) is 0 Å². The van der Waals surface area contributed by atoms with Gasteiger partial charge in [-0.25, -0.2) is 0 Å². The van der Waals surface area contributed by atoms with Gasteiger partial charge >= 0.3 is 0 Å². The summed E-state index contributed by atoms with van der Waals surface area (Å²) in [6, 6.07) is 8.36. The SMILES string of the molecule is CCN(CC)Oc1ccc(C(C)(C)C)cc1. The van der Waals surface area contributed by atoms with Crippen LogP contribution >= 0.6 is 0 Å². The summed E-state index contributed by atoms with van der Waals surface area (Å²) in [5.41, 5.74) is 1.53. The fraction of sp³-hybridized carbons (Fsp3) is 0.571. The predicted molar refractivity (Wildman–Crippen MR) is 68.7 cm³/mol. The van der Waals surface area contributed by atoms with Gasteiger partial charge in [-0.3, -0.25) is 0 Å². The lowest BCUT2D eigenvalue weighted by molar-refractivity contribution is -0.0486. The Bertz CT molecular complexity index is 307. The minimum absolute atomic E-state index is 0.202. The van der Waals surface area contributed by atoms with Gasteiger partial charge in [0, 0.05) is 13.1 Å². The second-order valence-electron chi connectivity index (χ2n) is 4.98. The fourth-order valence-electron chi connectivity index (χ4n) is 1.52. The van der Waals surface area contributed by atoms with Crippen molar-refractivity contribution in [2.45, 2.75) is 40.0 Å². The Balaban J connectivity index is 2.72. The van der Waals surface area contributed by atoms with Crippen LogP contribution in [0.4, 0.5) is 0 Å². The molecule has 16 heavy (non-hydrogen) atoms. The van der Waals surface area contributed by atoms with Gasteiger partial charge in [-0.2, -0.15) is 0 Å². The normalized spacial score (nSPS) is 11.9. The van der Waals surface area contributed by atoms with Gasteiger partial charge in [0.15, 0.2) is 0 Å². The Morgan fingerprint density at radius 1 is 1.00 bits per heavy atom. The highest BCUT2D eigenvalue weighted by Crippen LogP contribution is 2.24. The molecule has 0 aliphatic carbocycles. The third-order valence-corrected chi connectivity index (χ3v) is 2.66. The van der Waals surface area contributed by atoms with Crippen molar-refractivity contribution in [2.24, 2.45) is 0 Å². The Labute approximate surface area is 99.2 Å². The van der Waals surface area contributed by atoms with Gasteiger partial charge in [0.1, 0.15) is 5.75 Å². The molecule has 0 radical (unpaired) electrons. The van der Waals surface area contributed by atoms with Crippen molar-refractivity contribution in [1.82, 2.24) is 5.06 Å². The Kier molecular flexibility index (Phi) is 4.36. The molecule has 0 unspecified atom stereocenters. The lowest BCUT2D eigenvalue weighted by Gasteiger charge is -2.21. The molecule has 0 spiro atoms. The topological polar surface area (TPSA) is 12.5 Å². The van der Waals surface area contributed by atoms with Crippen molar-refractivity contribution in [1.29, 1.82) is 0 Å². The predicted octanol–water partition coefficient (Wildman–Crippen LogP) is 3.62. The van der Waals surface area contributed by atoms with E-state index in [1.165, 1.54) is 5.56 Å². The molecule has 0 saturated carbocycles. The van der Waals surface area contributed by atoms with Crippen molar-refractivity contribution < 1.29 is 4.84 Å². The summed E-state index contributed by atoms with van der Waals surface area (Å²) >= 11 is 0. The summed E-state index contributed by atoms with van der Waals surface area (Å²) < 4.78 is 0. The molecule has 2 nitrogen and oxygen atoms in total. The van der Waals surface area contributed by atoms with E-state index in [4.69, 9.17) is 4.84 Å². The van der Waals surface area contributed by atoms with E-state index in [1.807, 2.05) is 17.2 Å². The number of nitrogens with zero attached hydrogens (tertiary/aromatic N) is 1. The lowest BCUT2D eigenvalue weighted by Crippen LogP contribution is -2.26. The standard InChI is InChI=1S/C14H23NO/c1-6-15(7-2)16-13-10-8-12(9-11-13)14(3,4)5/h8-11H,6-7H2,1-5H3. The molecule has 2 heteroatoms. The van der Waals surface area contributed by atoms with Gasteiger partial charge in [-0.1, -0.05) is 32.9 Å². The van der Waals surface area contributed by atoms with Crippen LogP contribution in [0.15, 0.2) is 24.3 Å². The molecule has 1 rings (SSSR count). The molecule has 90 valence electrons. The molecule has 0 N–H and O–H groups in total.